The summed E-state index contributed by atoms with van der Waals surface area (Å²) in [5, 5.41) is 0. The highest BCUT2D eigenvalue weighted by Crippen LogP contribution is 2.21. The summed E-state index contributed by atoms with van der Waals surface area (Å²) in [4.78, 5) is 20.2. The molecule has 25 heavy (non-hydrogen) atoms. The van der Waals surface area contributed by atoms with Crippen LogP contribution in [0.25, 0.3) is 5.69 Å². The number of carbonyl (C=O) groups excluding carboxylic acids is 1. The van der Waals surface area contributed by atoms with Crippen LogP contribution in [-0.4, -0.2) is 28.8 Å². The Morgan fingerprint density at radius 3 is 2.56 bits per heavy atom. The summed E-state index contributed by atoms with van der Waals surface area (Å²) in [7, 11) is 1.38. The van der Waals surface area contributed by atoms with Crippen LogP contribution in [0.3, 0.4) is 0 Å². The Labute approximate surface area is 146 Å². The molecule has 0 radical (unpaired) electrons. The van der Waals surface area contributed by atoms with Crippen molar-refractivity contribution in [2.75, 3.05) is 7.11 Å². The summed E-state index contributed by atoms with van der Waals surface area (Å²) in [5.74, 6) is 0.338. The summed E-state index contributed by atoms with van der Waals surface area (Å²) >= 11 is 0. The van der Waals surface area contributed by atoms with E-state index in [0.29, 0.717) is 11.4 Å². The fraction of sp³-hybridized carbons (Fsp3) is 0.150. The van der Waals surface area contributed by atoms with Gasteiger partial charge < -0.3 is 9.30 Å². The topological polar surface area (TPSA) is 56.5 Å². The van der Waals surface area contributed by atoms with Crippen LogP contribution in [0.4, 0.5) is 5.82 Å². The Morgan fingerprint density at radius 2 is 1.92 bits per heavy atom. The van der Waals surface area contributed by atoms with Crippen molar-refractivity contribution in [2.24, 2.45) is 4.99 Å². The molecule has 0 aliphatic rings. The summed E-state index contributed by atoms with van der Waals surface area (Å²) in [6.07, 6.45) is 3.54. The zero-order valence-electron chi connectivity index (χ0n) is 14.4. The molecule has 0 fully saturated rings. The van der Waals surface area contributed by atoms with E-state index >= 15 is 0 Å². The van der Waals surface area contributed by atoms with E-state index in [9.17, 15) is 4.79 Å². The molecule has 3 aromatic rings. The molecule has 0 saturated carbocycles. The molecule has 0 N–H and O–H groups in total. The van der Waals surface area contributed by atoms with E-state index in [1.165, 1.54) is 7.11 Å². The number of pyridine rings is 1. The Balaban J connectivity index is 1.92. The third-order valence-electron chi connectivity index (χ3n) is 4.00. The first-order valence-corrected chi connectivity index (χ1v) is 7.93. The van der Waals surface area contributed by atoms with Gasteiger partial charge in [0.2, 0.25) is 0 Å². The Hall–Kier alpha value is -3.21. The molecule has 126 valence electrons. The second-order valence-electron chi connectivity index (χ2n) is 5.65. The number of carbonyl (C=O) groups is 1. The van der Waals surface area contributed by atoms with Gasteiger partial charge in [0.05, 0.1) is 12.7 Å². The van der Waals surface area contributed by atoms with Crippen LogP contribution in [0, 0.1) is 13.8 Å². The highest BCUT2D eigenvalue weighted by molar-refractivity contribution is 5.89. The molecule has 0 aliphatic heterocycles. The number of hydrogen-bond donors (Lipinski definition) is 0. The fourth-order valence-corrected chi connectivity index (χ4v) is 2.75. The summed E-state index contributed by atoms with van der Waals surface area (Å²) in [6, 6.07) is 15.1. The Kier molecular flexibility index (Phi) is 4.75. The summed E-state index contributed by atoms with van der Waals surface area (Å²) < 4.78 is 6.86. The van der Waals surface area contributed by atoms with Crippen LogP contribution < -0.4 is 0 Å². The highest BCUT2D eigenvalue weighted by Gasteiger charge is 2.11. The van der Waals surface area contributed by atoms with Crippen LogP contribution in [0.5, 0.6) is 0 Å². The van der Waals surface area contributed by atoms with E-state index < -0.39 is 0 Å². The molecular weight excluding hydrogens is 314 g/mol. The molecule has 2 aromatic heterocycles. The fourth-order valence-electron chi connectivity index (χ4n) is 2.75. The molecule has 0 spiro atoms. The minimum absolute atomic E-state index is 0.337. The zero-order valence-corrected chi connectivity index (χ0v) is 14.4. The molecule has 2 heterocycles. The molecule has 0 saturated heterocycles. The lowest BCUT2D eigenvalue weighted by Gasteiger charge is -2.10. The summed E-state index contributed by atoms with van der Waals surface area (Å²) in [6.45, 7) is 4.08. The standard InChI is InChI=1S/C20H19N3O2/c1-14-12-17(13-22-19-6-4-5-11-21-19)15(2)23(14)18-9-7-16(8-10-18)20(24)25-3/h4-13H,1-3H3. The van der Waals surface area contributed by atoms with Crippen molar-refractivity contribution in [3.05, 3.63) is 77.2 Å². The number of esters is 1. The maximum absolute atomic E-state index is 11.6. The van der Waals surface area contributed by atoms with Gasteiger partial charge in [0, 0.05) is 35.1 Å². The van der Waals surface area contributed by atoms with Gasteiger partial charge in [0.1, 0.15) is 0 Å². The van der Waals surface area contributed by atoms with E-state index in [2.05, 4.69) is 20.6 Å². The van der Waals surface area contributed by atoms with Crippen molar-refractivity contribution in [2.45, 2.75) is 13.8 Å². The maximum atomic E-state index is 11.6. The minimum atomic E-state index is -0.337. The van der Waals surface area contributed by atoms with Crippen molar-refractivity contribution in [1.82, 2.24) is 9.55 Å². The van der Waals surface area contributed by atoms with Crippen molar-refractivity contribution in [3.63, 3.8) is 0 Å². The second-order valence-corrected chi connectivity index (χ2v) is 5.65. The van der Waals surface area contributed by atoms with Crippen LogP contribution >= 0.6 is 0 Å². The van der Waals surface area contributed by atoms with Gasteiger partial charge in [-0.2, -0.15) is 0 Å². The Bertz CT molecular complexity index is 910. The van der Waals surface area contributed by atoms with Crippen molar-refractivity contribution in [3.8, 4) is 5.69 Å². The number of rotatable bonds is 4. The molecular formula is C20H19N3O2. The van der Waals surface area contributed by atoms with Crippen molar-refractivity contribution >= 4 is 18.0 Å². The molecule has 0 amide bonds. The first-order chi connectivity index (χ1) is 12.1. The number of hydrogen-bond acceptors (Lipinski definition) is 4. The largest absolute Gasteiger partial charge is 0.465 e. The molecule has 0 unspecified atom stereocenters. The highest BCUT2D eigenvalue weighted by atomic mass is 16.5. The number of nitrogens with zero attached hydrogens (tertiary/aromatic N) is 3. The van der Waals surface area contributed by atoms with Crippen LogP contribution in [0.2, 0.25) is 0 Å². The van der Waals surface area contributed by atoms with Crippen molar-refractivity contribution < 1.29 is 9.53 Å². The minimum Gasteiger partial charge on any atom is -0.465 e. The molecule has 0 atom stereocenters. The van der Waals surface area contributed by atoms with Gasteiger partial charge in [-0.3, -0.25) is 0 Å². The van der Waals surface area contributed by atoms with Crippen LogP contribution in [0.15, 0.2) is 59.7 Å². The zero-order chi connectivity index (χ0) is 17.8. The number of aliphatic imine (C=N–C) groups is 1. The van der Waals surface area contributed by atoms with Gasteiger partial charge in [-0.25, -0.2) is 14.8 Å². The summed E-state index contributed by atoms with van der Waals surface area (Å²) in [5.41, 5.74) is 4.71. The molecule has 3 rings (SSSR count). The number of benzene rings is 1. The number of methoxy groups -OCH3 is 1. The number of aromatic nitrogens is 2. The van der Waals surface area contributed by atoms with E-state index in [1.807, 2.05) is 50.4 Å². The van der Waals surface area contributed by atoms with E-state index in [4.69, 9.17) is 4.74 Å². The SMILES string of the molecule is COC(=O)c1ccc(-n2c(C)cc(C=Nc3ccccn3)c2C)cc1. The second kappa shape index (κ2) is 7.13. The van der Waals surface area contributed by atoms with Gasteiger partial charge in [0.15, 0.2) is 5.82 Å². The lowest BCUT2D eigenvalue weighted by atomic mass is 10.2. The van der Waals surface area contributed by atoms with E-state index in [-0.39, 0.29) is 5.97 Å². The van der Waals surface area contributed by atoms with Crippen molar-refractivity contribution in [1.29, 1.82) is 0 Å². The first kappa shape index (κ1) is 16.6. The molecule has 1 aromatic carbocycles. The third-order valence-corrected chi connectivity index (χ3v) is 4.00. The smallest absolute Gasteiger partial charge is 0.337 e. The molecule has 0 aliphatic carbocycles. The van der Waals surface area contributed by atoms with Gasteiger partial charge in [-0.05, 0) is 56.3 Å². The predicted molar refractivity (Wildman–Crippen MR) is 98.1 cm³/mol. The average Bonchev–Trinajstić information content (AvgIpc) is 2.94. The van der Waals surface area contributed by atoms with Crippen LogP contribution in [0.1, 0.15) is 27.3 Å². The average molecular weight is 333 g/mol. The molecule has 0 bridgehead atoms. The lowest BCUT2D eigenvalue weighted by molar-refractivity contribution is 0.0601. The maximum Gasteiger partial charge on any atom is 0.337 e. The normalized spacial score (nSPS) is 11.0. The quantitative estimate of drug-likeness (QED) is 0.535. The number of aryl methyl sites for hydroxylation is 1. The molecule has 5 heteroatoms. The van der Waals surface area contributed by atoms with Gasteiger partial charge >= 0.3 is 5.97 Å². The number of ether oxygens (including phenoxy) is 1. The van der Waals surface area contributed by atoms with Gasteiger partial charge in [0.25, 0.3) is 0 Å². The van der Waals surface area contributed by atoms with Gasteiger partial charge in [-0.15, -0.1) is 0 Å². The molecule has 5 nitrogen and oxygen atoms in total. The lowest BCUT2D eigenvalue weighted by Crippen LogP contribution is -2.03. The van der Waals surface area contributed by atoms with E-state index in [1.54, 1.807) is 18.3 Å². The Morgan fingerprint density at radius 1 is 1.16 bits per heavy atom. The van der Waals surface area contributed by atoms with E-state index in [0.717, 1.165) is 22.6 Å². The van der Waals surface area contributed by atoms with Gasteiger partial charge in [-0.1, -0.05) is 6.07 Å². The monoisotopic (exact) mass is 333 g/mol. The van der Waals surface area contributed by atoms with Crippen LogP contribution in [-0.2, 0) is 4.74 Å². The first-order valence-electron chi connectivity index (χ1n) is 7.93. The predicted octanol–water partition coefficient (Wildman–Crippen LogP) is 4.03. The third kappa shape index (κ3) is 3.50.